The van der Waals surface area contributed by atoms with Crippen LogP contribution in [0.25, 0.3) is 0 Å². The van der Waals surface area contributed by atoms with Gasteiger partial charge in [0.25, 0.3) is 0 Å². The van der Waals surface area contributed by atoms with Crippen molar-refractivity contribution in [2.24, 2.45) is 0 Å². The molecule has 0 spiro atoms. The summed E-state index contributed by atoms with van der Waals surface area (Å²) < 4.78 is 4.99. The summed E-state index contributed by atoms with van der Waals surface area (Å²) in [6.45, 7) is 6.69. The molecule has 0 aliphatic carbocycles. The lowest BCUT2D eigenvalue weighted by Crippen LogP contribution is -2.44. The number of hydrogen-bond donors (Lipinski definition) is 1. The Hall–Kier alpha value is -0.0300. The predicted molar refractivity (Wildman–Crippen MR) is 69.3 cm³/mol. The third-order valence-electron chi connectivity index (χ3n) is 2.92. The van der Waals surface area contributed by atoms with Crippen LogP contribution < -0.4 is 5.32 Å². The molecule has 4 atom stereocenters. The van der Waals surface area contributed by atoms with Gasteiger partial charge in [-0.2, -0.15) is 0 Å². The summed E-state index contributed by atoms with van der Waals surface area (Å²) in [4.78, 5) is 13.6. The number of nitrogens with one attached hydrogen (secondary N) is 1. The van der Waals surface area contributed by atoms with E-state index in [4.69, 9.17) is 27.9 Å². The number of alkyl halides is 2. The van der Waals surface area contributed by atoms with E-state index in [-0.39, 0.29) is 29.1 Å². The van der Waals surface area contributed by atoms with Crippen LogP contribution in [0, 0.1) is 0 Å². The minimum Gasteiger partial charge on any atom is -0.465 e. The van der Waals surface area contributed by atoms with Gasteiger partial charge in [-0.05, 0) is 27.2 Å². The van der Waals surface area contributed by atoms with E-state index in [0.717, 1.165) is 0 Å². The van der Waals surface area contributed by atoms with E-state index in [9.17, 15) is 4.79 Å². The fourth-order valence-electron chi connectivity index (χ4n) is 2.23. The lowest BCUT2D eigenvalue weighted by atomic mass is 10.1. The van der Waals surface area contributed by atoms with Gasteiger partial charge in [0.05, 0.1) is 17.6 Å². The smallest absolute Gasteiger partial charge is 0.323 e. The second-order valence-electron chi connectivity index (χ2n) is 4.20. The number of carbonyl (C=O) groups is 1. The molecule has 4 nitrogen and oxygen atoms in total. The lowest BCUT2D eigenvalue weighted by molar-refractivity contribution is -0.145. The topological polar surface area (TPSA) is 41.6 Å². The zero-order chi connectivity index (χ0) is 13.0. The molecule has 0 aromatic heterocycles. The van der Waals surface area contributed by atoms with E-state index in [1.165, 1.54) is 0 Å². The van der Waals surface area contributed by atoms with Gasteiger partial charge in [0.15, 0.2) is 0 Å². The quantitative estimate of drug-likeness (QED) is 0.474. The molecule has 1 saturated heterocycles. The van der Waals surface area contributed by atoms with Crippen LogP contribution in [0.1, 0.15) is 27.2 Å². The largest absolute Gasteiger partial charge is 0.465 e. The Morgan fingerprint density at radius 2 is 2.06 bits per heavy atom. The first-order valence-corrected chi connectivity index (χ1v) is 6.80. The molecule has 0 amide bonds. The Kier molecular flexibility index (Phi) is 6.00. The summed E-state index contributed by atoms with van der Waals surface area (Å²) in [6.07, 6.45) is 0.687. The Morgan fingerprint density at radius 1 is 1.47 bits per heavy atom. The van der Waals surface area contributed by atoms with Crippen molar-refractivity contribution in [1.82, 2.24) is 10.2 Å². The first-order valence-electron chi connectivity index (χ1n) is 5.93. The molecule has 1 heterocycles. The van der Waals surface area contributed by atoms with Crippen molar-refractivity contribution < 1.29 is 9.53 Å². The van der Waals surface area contributed by atoms with Crippen LogP contribution in [0.2, 0.25) is 0 Å². The molecule has 3 unspecified atom stereocenters. The molecule has 0 aromatic carbocycles. The van der Waals surface area contributed by atoms with Crippen molar-refractivity contribution in [3.8, 4) is 0 Å². The zero-order valence-corrected chi connectivity index (χ0v) is 12.0. The van der Waals surface area contributed by atoms with Gasteiger partial charge < -0.3 is 10.1 Å². The van der Waals surface area contributed by atoms with E-state index >= 15 is 0 Å². The lowest BCUT2D eigenvalue weighted by Gasteiger charge is -2.32. The molecule has 100 valence electrons. The predicted octanol–water partition coefficient (Wildman–Crippen LogP) is 1.75. The second kappa shape index (κ2) is 6.78. The van der Waals surface area contributed by atoms with Crippen LogP contribution in [0.5, 0.6) is 0 Å². The normalized spacial score (nSPS) is 28.1. The highest BCUT2D eigenvalue weighted by atomic mass is 35.5. The summed E-state index contributed by atoms with van der Waals surface area (Å²) in [5, 5.41) is 3.15. The molecule has 1 fully saturated rings. The summed E-state index contributed by atoms with van der Waals surface area (Å²) in [6, 6.07) is -0.0716. The molecule has 6 heteroatoms. The summed E-state index contributed by atoms with van der Waals surface area (Å²) >= 11 is 12.2. The molecule has 1 aliphatic heterocycles. The highest BCUT2D eigenvalue weighted by Gasteiger charge is 2.36. The number of rotatable bonds is 5. The maximum absolute atomic E-state index is 11.6. The van der Waals surface area contributed by atoms with Crippen molar-refractivity contribution >= 4 is 29.2 Å². The van der Waals surface area contributed by atoms with Gasteiger partial charge in [0, 0.05) is 12.6 Å². The van der Waals surface area contributed by atoms with Crippen molar-refractivity contribution in [2.45, 2.75) is 50.3 Å². The summed E-state index contributed by atoms with van der Waals surface area (Å²) in [7, 11) is 0. The minimum atomic E-state index is -0.242. The molecule has 0 radical (unpaired) electrons. The number of ether oxygens (including phenoxy) is 1. The number of hydrogen-bond acceptors (Lipinski definition) is 4. The molecular weight excluding hydrogens is 263 g/mol. The average Bonchev–Trinajstić information content (AvgIpc) is 2.66. The van der Waals surface area contributed by atoms with Crippen molar-refractivity contribution in [1.29, 1.82) is 0 Å². The number of nitrogens with zero attached hydrogens (tertiary/aromatic N) is 1. The van der Waals surface area contributed by atoms with Gasteiger partial charge in [-0.15, -0.1) is 23.2 Å². The maximum atomic E-state index is 11.6. The van der Waals surface area contributed by atoms with Crippen LogP contribution in [0.3, 0.4) is 0 Å². The Morgan fingerprint density at radius 3 is 2.53 bits per heavy atom. The Bertz CT molecular complexity index is 254. The Balaban J connectivity index is 2.56. The van der Waals surface area contributed by atoms with Gasteiger partial charge in [-0.1, -0.05) is 0 Å². The molecule has 1 N–H and O–H groups in total. The van der Waals surface area contributed by atoms with E-state index in [1.807, 2.05) is 18.7 Å². The SMILES string of the molecule is CCOC(=O)[C@@H]1CC(N(C(C)Cl)C(C)Cl)CN1. The molecule has 1 aliphatic rings. The van der Waals surface area contributed by atoms with E-state index < -0.39 is 0 Å². The van der Waals surface area contributed by atoms with E-state index in [1.54, 1.807) is 6.92 Å². The maximum Gasteiger partial charge on any atom is 0.323 e. The van der Waals surface area contributed by atoms with Crippen LogP contribution >= 0.6 is 23.2 Å². The van der Waals surface area contributed by atoms with Crippen LogP contribution in [0.15, 0.2) is 0 Å². The third kappa shape index (κ3) is 3.98. The van der Waals surface area contributed by atoms with Gasteiger partial charge in [-0.25, -0.2) is 0 Å². The Labute approximate surface area is 113 Å². The van der Waals surface area contributed by atoms with Gasteiger partial charge >= 0.3 is 5.97 Å². The van der Waals surface area contributed by atoms with Crippen molar-refractivity contribution in [3.63, 3.8) is 0 Å². The molecular formula is C11H20Cl2N2O2. The fraction of sp³-hybridized carbons (Fsp3) is 0.909. The molecule has 1 rings (SSSR count). The number of halogens is 2. The molecule has 0 saturated carbocycles. The standard InChI is InChI=1S/C11H20Cl2N2O2/c1-4-17-11(16)10-5-9(6-14-10)15(7(2)12)8(3)13/h7-10,14H,4-6H2,1-3H3/t7?,8?,9?,10-/m0/s1. The number of esters is 1. The van der Waals surface area contributed by atoms with E-state index in [2.05, 4.69) is 5.32 Å². The monoisotopic (exact) mass is 282 g/mol. The van der Waals surface area contributed by atoms with Crippen LogP contribution in [-0.2, 0) is 9.53 Å². The van der Waals surface area contributed by atoms with Gasteiger partial charge in [-0.3, -0.25) is 9.69 Å². The average molecular weight is 283 g/mol. The highest BCUT2D eigenvalue weighted by molar-refractivity contribution is 6.22. The minimum absolute atomic E-state index is 0.157. The zero-order valence-electron chi connectivity index (χ0n) is 10.5. The van der Waals surface area contributed by atoms with Gasteiger partial charge in [0.1, 0.15) is 6.04 Å². The second-order valence-corrected chi connectivity index (χ2v) is 5.46. The van der Waals surface area contributed by atoms with E-state index in [0.29, 0.717) is 19.6 Å². The van der Waals surface area contributed by atoms with Crippen LogP contribution in [-0.4, -0.2) is 47.1 Å². The van der Waals surface area contributed by atoms with Gasteiger partial charge in [0.2, 0.25) is 0 Å². The van der Waals surface area contributed by atoms with Crippen molar-refractivity contribution in [3.05, 3.63) is 0 Å². The highest BCUT2D eigenvalue weighted by Crippen LogP contribution is 2.23. The van der Waals surface area contributed by atoms with Crippen molar-refractivity contribution in [2.75, 3.05) is 13.2 Å². The number of carbonyl (C=O) groups excluding carboxylic acids is 1. The summed E-state index contributed by atoms with van der Waals surface area (Å²) in [5.74, 6) is -0.195. The first kappa shape index (κ1) is 15.0. The molecule has 17 heavy (non-hydrogen) atoms. The molecule has 0 bridgehead atoms. The molecule has 0 aromatic rings. The fourth-order valence-corrected chi connectivity index (χ4v) is 2.95. The first-order chi connectivity index (χ1) is 7.97. The third-order valence-corrected chi connectivity index (χ3v) is 3.37. The van der Waals surface area contributed by atoms with Crippen LogP contribution in [0.4, 0.5) is 0 Å². The summed E-state index contributed by atoms with van der Waals surface area (Å²) in [5.41, 5.74) is -0.314.